The molecule has 3 atom stereocenters. The molecule has 0 aliphatic carbocycles. The largest absolute Gasteiger partial charge is 0.368 e. The van der Waals surface area contributed by atoms with E-state index in [1.807, 2.05) is 35.3 Å². The Hall–Kier alpha value is -3.37. The summed E-state index contributed by atoms with van der Waals surface area (Å²) < 4.78 is 33.5. The third-order valence-electron chi connectivity index (χ3n) is 5.78. The number of aryl methyl sites for hydroxylation is 1. The minimum atomic E-state index is -0.916. The number of ether oxygens (including phenoxy) is 1. The Labute approximate surface area is 182 Å². The summed E-state index contributed by atoms with van der Waals surface area (Å²) in [4.78, 5) is 29.9. The Kier molecular flexibility index (Phi) is 5.32. The van der Waals surface area contributed by atoms with Crippen LogP contribution in [0.25, 0.3) is 0 Å². The van der Waals surface area contributed by atoms with E-state index >= 15 is 0 Å². The maximum atomic E-state index is 14.1. The van der Waals surface area contributed by atoms with E-state index in [4.69, 9.17) is 4.74 Å². The van der Waals surface area contributed by atoms with Gasteiger partial charge in [-0.2, -0.15) is 5.01 Å². The monoisotopic (exact) mass is 441 g/mol. The highest BCUT2D eigenvalue weighted by atomic mass is 19.1. The number of halogens is 2. The lowest BCUT2D eigenvalue weighted by molar-refractivity contribution is -0.123. The van der Waals surface area contributed by atoms with Crippen LogP contribution in [0.5, 0.6) is 0 Å². The molecule has 10 heteroatoms. The summed E-state index contributed by atoms with van der Waals surface area (Å²) in [6.45, 7) is 1.01. The van der Waals surface area contributed by atoms with Crippen LogP contribution in [0.15, 0.2) is 47.5 Å². The molecular formula is C22H21F2N5O3. The Balaban J connectivity index is 1.30. The molecule has 3 aliphatic heterocycles. The molecule has 1 saturated heterocycles. The molecule has 0 aromatic heterocycles. The number of hydrogen-bond acceptors (Lipinski definition) is 6. The van der Waals surface area contributed by atoms with Gasteiger partial charge in [0.05, 0.1) is 12.3 Å². The summed E-state index contributed by atoms with van der Waals surface area (Å²) in [6.07, 6.45) is -0.330. The molecule has 8 nitrogen and oxygen atoms in total. The van der Waals surface area contributed by atoms with Gasteiger partial charge < -0.3 is 15.4 Å². The van der Waals surface area contributed by atoms with E-state index in [9.17, 15) is 18.4 Å². The van der Waals surface area contributed by atoms with Crippen molar-refractivity contribution in [3.8, 4) is 0 Å². The number of amides is 2. The lowest BCUT2D eigenvalue weighted by Crippen LogP contribution is -2.53. The number of anilines is 1. The van der Waals surface area contributed by atoms with Crippen LogP contribution in [0, 0.1) is 11.6 Å². The van der Waals surface area contributed by atoms with Gasteiger partial charge in [0.15, 0.2) is 6.17 Å². The maximum Gasteiger partial charge on any atom is 0.288 e. The van der Waals surface area contributed by atoms with Crippen LogP contribution in [0.1, 0.15) is 23.7 Å². The third kappa shape index (κ3) is 3.82. The van der Waals surface area contributed by atoms with E-state index < -0.39 is 35.7 Å². The van der Waals surface area contributed by atoms with Gasteiger partial charge in [0.2, 0.25) is 11.7 Å². The fourth-order valence-corrected chi connectivity index (χ4v) is 4.21. The summed E-state index contributed by atoms with van der Waals surface area (Å²) in [7, 11) is 0. The first-order valence-electron chi connectivity index (χ1n) is 10.4. The fourth-order valence-electron chi connectivity index (χ4n) is 4.21. The standard InChI is InChI=1S/C22H21F2N5O3/c23-14-10-13-6-7-16(21(30)26-17(13)15(24)11-14)25-22(31)19-27-20-18(12-4-2-1-3-5-12)32-9-8-29(20)28-19/h1-5,10-11,16,18,20H,6-9H2,(H,25,31)(H,26,30)(H,27,28)/t16-,18-,20?/m0/s1. The minimum absolute atomic E-state index is 0.0514. The minimum Gasteiger partial charge on any atom is -0.368 e. The quantitative estimate of drug-likeness (QED) is 0.674. The number of amidine groups is 1. The molecule has 3 aliphatic rings. The van der Waals surface area contributed by atoms with E-state index in [0.29, 0.717) is 18.7 Å². The van der Waals surface area contributed by atoms with E-state index in [0.717, 1.165) is 11.6 Å². The first-order chi connectivity index (χ1) is 15.5. The number of carbonyl (C=O) groups excluding carboxylic acids is 2. The highest BCUT2D eigenvalue weighted by Gasteiger charge is 2.40. The number of nitrogens with zero attached hydrogens (tertiary/aromatic N) is 2. The van der Waals surface area contributed by atoms with Gasteiger partial charge in [0, 0.05) is 12.6 Å². The van der Waals surface area contributed by atoms with Gasteiger partial charge in [-0.25, -0.2) is 13.8 Å². The molecule has 0 bridgehead atoms. The highest BCUT2D eigenvalue weighted by Crippen LogP contribution is 2.31. The maximum absolute atomic E-state index is 14.1. The average Bonchev–Trinajstić information content (AvgIpc) is 3.17. The second-order valence-electron chi connectivity index (χ2n) is 7.87. The van der Waals surface area contributed by atoms with Crippen LogP contribution >= 0.6 is 0 Å². The number of rotatable bonds is 3. The Morgan fingerprint density at radius 3 is 2.84 bits per heavy atom. The van der Waals surface area contributed by atoms with Gasteiger partial charge >= 0.3 is 0 Å². The average molecular weight is 441 g/mol. The zero-order valence-electron chi connectivity index (χ0n) is 17.0. The summed E-state index contributed by atoms with van der Waals surface area (Å²) in [6, 6.07) is 10.6. The molecule has 2 aromatic carbocycles. The molecule has 0 radical (unpaired) electrons. The summed E-state index contributed by atoms with van der Waals surface area (Å²) in [5.41, 5.74) is 4.24. The van der Waals surface area contributed by atoms with E-state index in [2.05, 4.69) is 21.1 Å². The normalized spacial score (nSPS) is 25.0. The smallest absolute Gasteiger partial charge is 0.288 e. The van der Waals surface area contributed by atoms with Gasteiger partial charge in [0.1, 0.15) is 23.8 Å². The topological polar surface area (TPSA) is 95.1 Å². The first kappa shape index (κ1) is 20.5. The zero-order chi connectivity index (χ0) is 22.2. The van der Waals surface area contributed by atoms with Gasteiger partial charge in [-0.3, -0.25) is 15.0 Å². The molecule has 2 aromatic rings. The van der Waals surface area contributed by atoms with Crippen LogP contribution in [0.4, 0.5) is 14.5 Å². The lowest BCUT2D eigenvalue weighted by atomic mass is 10.1. The molecule has 5 rings (SSSR count). The number of benzene rings is 2. The molecule has 166 valence electrons. The number of hydrogen-bond donors (Lipinski definition) is 3. The van der Waals surface area contributed by atoms with E-state index in [1.54, 1.807) is 0 Å². The van der Waals surface area contributed by atoms with Crippen LogP contribution in [-0.4, -0.2) is 48.0 Å². The van der Waals surface area contributed by atoms with Crippen LogP contribution < -0.4 is 16.1 Å². The number of carbonyl (C=O) groups is 2. The number of aliphatic imine (C=N–C) groups is 1. The Morgan fingerprint density at radius 2 is 2.03 bits per heavy atom. The van der Waals surface area contributed by atoms with Gasteiger partial charge in [-0.15, -0.1) is 0 Å². The molecule has 2 amide bonds. The van der Waals surface area contributed by atoms with Crippen molar-refractivity contribution in [2.75, 3.05) is 18.5 Å². The van der Waals surface area contributed by atoms with Crippen molar-refractivity contribution in [1.29, 1.82) is 0 Å². The SMILES string of the molecule is O=C(N[C@H]1CCc2cc(F)cc(F)c2NC1=O)C1=NC2[C@H](c3ccccc3)OCCN2N1. The van der Waals surface area contributed by atoms with E-state index in [1.165, 1.54) is 6.07 Å². The van der Waals surface area contributed by atoms with Crippen molar-refractivity contribution in [3.63, 3.8) is 0 Å². The molecular weight excluding hydrogens is 420 g/mol. The molecule has 1 fully saturated rings. The molecule has 3 N–H and O–H groups in total. The molecule has 0 spiro atoms. The number of fused-ring (bicyclic) bond motifs is 2. The lowest BCUT2D eigenvalue weighted by Gasteiger charge is -2.34. The molecule has 1 unspecified atom stereocenters. The molecule has 32 heavy (non-hydrogen) atoms. The van der Waals surface area contributed by atoms with Crippen molar-refractivity contribution in [2.45, 2.75) is 31.2 Å². The van der Waals surface area contributed by atoms with Gasteiger partial charge in [-0.05, 0) is 30.0 Å². The number of nitrogens with one attached hydrogen (secondary N) is 3. The molecule has 3 heterocycles. The van der Waals surface area contributed by atoms with Crippen molar-refractivity contribution >= 4 is 23.3 Å². The number of morpholine rings is 1. The zero-order valence-corrected chi connectivity index (χ0v) is 17.0. The summed E-state index contributed by atoms with van der Waals surface area (Å²) in [5, 5.41) is 6.94. The predicted molar refractivity (Wildman–Crippen MR) is 111 cm³/mol. The van der Waals surface area contributed by atoms with Crippen molar-refractivity contribution in [3.05, 3.63) is 65.2 Å². The van der Waals surface area contributed by atoms with Crippen LogP contribution in [0.2, 0.25) is 0 Å². The van der Waals surface area contributed by atoms with Gasteiger partial charge in [-0.1, -0.05) is 30.3 Å². The first-order valence-corrected chi connectivity index (χ1v) is 10.4. The fraction of sp³-hybridized carbons (Fsp3) is 0.318. The van der Waals surface area contributed by atoms with Gasteiger partial charge in [0.25, 0.3) is 5.91 Å². The summed E-state index contributed by atoms with van der Waals surface area (Å²) in [5.74, 6) is -2.60. The Bertz CT molecular complexity index is 1090. The summed E-state index contributed by atoms with van der Waals surface area (Å²) >= 11 is 0. The van der Waals surface area contributed by atoms with Crippen LogP contribution in [-0.2, 0) is 20.7 Å². The van der Waals surface area contributed by atoms with Crippen molar-refractivity contribution in [2.24, 2.45) is 4.99 Å². The molecule has 0 saturated carbocycles. The van der Waals surface area contributed by atoms with E-state index in [-0.39, 0.29) is 30.5 Å². The predicted octanol–water partition coefficient (Wildman–Crippen LogP) is 1.65. The van der Waals surface area contributed by atoms with Crippen molar-refractivity contribution < 1.29 is 23.1 Å². The Morgan fingerprint density at radius 1 is 1.22 bits per heavy atom. The second kappa shape index (κ2) is 8.29. The van der Waals surface area contributed by atoms with Crippen LogP contribution in [0.3, 0.4) is 0 Å². The second-order valence-corrected chi connectivity index (χ2v) is 7.87. The third-order valence-corrected chi connectivity index (χ3v) is 5.78. The van der Waals surface area contributed by atoms with Crippen molar-refractivity contribution in [1.82, 2.24) is 15.8 Å². The number of hydrazine groups is 1. The highest BCUT2D eigenvalue weighted by molar-refractivity contribution is 6.38.